The number of hydrogen-bond acceptors (Lipinski definition) is 5. The fourth-order valence-corrected chi connectivity index (χ4v) is 1.93. The Morgan fingerprint density at radius 2 is 2.44 bits per heavy atom. The summed E-state index contributed by atoms with van der Waals surface area (Å²) in [6.45, 7) is 0.0490. The van der Waals surface area contributed by atoms with Crippen molar-refractivity contribution in [1.29, 1.82) is 0 Å². The summed E-state index contributed by atoms with van der Waals surface area (Å²) in [5, 5.41) is 15.9. The molecule has 2 aromatic heterocycles. The highest BCUT2D eigenvalue weighted by molar-refractivity contribution is 9.10. The Morgan fingerprint density at radius 1 is 1.67 bits per heavy atom. The molecule has 0 radical (unpaired) electrons. The van der Waals surface area contributed by atoms with Crippen LogP contribution in [0.15, 0.2) is 23.1 Å². The SMILES string of the molecule is COCC(Nc1ncnn2c(Br)ccc12)C(=O)O. The zero-order chi connectivity index (χ0) is 13.1. The van der Waals surface area contributed by atoms with Crippen LogP contribution in [0.4, 0.5) is 5.82 Å². The maximum absolute atomic E-state index is 11.0. The number of nitrogens with zero attached hydrogens (tertiary/aromatic N) is 3. The smallest absolute Gasteiger partial charge is 0.328 e. The molecule has 0 bridgehead atoms. The maximum Gasteiger partial charge on any atom is 0.328 e. The summed E-state index contributed by atoms with van der Waals surface area (Å²) < 4.78 is 7.23. The third-order valence-electron chi connectivity index (χ3n) is 2.35. The molecule has 0 aliphatic rings. The van der Waals surface area contributed by atoms with E-state index in [4.69, 9.17) is 9.84 Å². The normalized spacial score (nSPS) is 12.6. The van der Waals surface area contributed by atoms with Gasteiger partial charge < -0.3 is 15.2 Å². The van der Waals surface area contributed by atoms with E-state index < -0.39 is 12.0 Å². The van der Waals surface area contributed by atoms with Crippen molar-refractivity contribution in [1.82, 2.24) is 14.6 Å². The van der Waals surface area contributed by atoms with Crippen LogP contribution in [0, 0.1) is 0 Å². The summed E-state index contributed by atoms with van der Waals surface area (Å²) in [4.78, 5) is 15.1. The van der Waals surface area contributed by atoms with Crippen LogP contribution in [0.1, 0.15) is 0 Å². The van der Waals surface area contributed by atoms with Gasteiger partial charge in [-0.1, -0.05) is 0 Å². The Bertz CT molecular complexity index is 571. The number of carboxylic acids is 1. The van der Waals surface area contributed by atoms with Gasteiger partial charge in [-0.15, -0.1) is 0 Å². The van der Waals surface area contributed by atoms with Gasteiger partial charge in [0.15, 0.2) is 5.82 Å². The Hall–Kier alpha value is -1.67. The highest BCUT2D eigenvalue weighted by Crippen LogP contribution is 2.20. The number of nitrogens with one attached hydrogen (secondary N) is 1. The number of aromatic nitrogens is 3. The monoisotopic (exact) mass is 314 g/mol. The fraction of sp³-hybridized carbons (Fsp3) is 0.300. The minimum absolute atomic E-state index is 0.0490. The number of aliphatic carboxylic acids is 1. The van der Waals surface area contributed by atoms with Crippen molar-refractivity contribution in [2.45, 2.75) is 6.04 Å². The van der Waals surface area contributed by atoms with E-state index in [2.05, 4.69) is 31.3 Å². The number of rotatable bonds is 5. The van der Waals surface area contributed by atoms with Crippen molar-refractivity contribution in [3.63, 3.8) is 0 Å². The van der Waals surface area contributed by atoms with Crippen molar-refractivity contribution >= 4 is 33.2 Å². The molecule has 0 aliphatic heterocycles. The van der Waals surface area contributed by atoms with Gasteiger partial charge in [0, 0.05) is 7.11 Å². The topological polar surface area (TPSA) is 88.8 Å². The molecule has 18 heavy (non-hydrogen) atoms. The highest BCUT2D eigenvalue weighted by Gasteiger charge is 2.19. The molecule has 1 unspecified atom stereocenters. The molecule has 0 fully saturated rings. The van der Waals surface area contributed by atoms with Gasteiger partial charge >= 0.3 is 5.97 Å². The summed E-state index contributed by atoms with van der Waals surface area (Å²) in [6.07, 6.45) is 1.35. The van der Waals surface area contributed by atoms with E-state index in [-0.39, 0.29) is 6.61 Å². The standard InChI is InChI=1S/C10H11BrN4O3/c1-18-4-6(10(16)17)14-9-7-2-3-8(11)15(7)13-5-12-9/h2-3,5-6H,4H2,1H3,(H,16,17)(H,12,13,14). The Balaban J connectivity index is 2.33. The molecule has 0 aromatic carbocycles. The zero-order valence-electron chi connectivity index (χ0n) is 9.50. The highest BCUT2D eigenvalue weighted by atomic mass is 79.9. The van der Waals surface area contributed by atoms with E-state index in [1.165, 1.54) is 13.4 Å². The minimum atomic E-state index is -1.00. The zero-order valence-corrected chi connectivity index (χ0v) is 11.1. The van der Waals surface area contributed by atoms with E-state index in [1.54, 1.807) is 16.6 Å². The van der Waals surface area contributed by atoms with Crippen molar-refractivity contribution in [2.75, 3.05) is 19.0 Å². The van der Waals surface area contributed by atoms with Crippen LogP contribution >= 0.6 is 15.9 Å². The Kier molecular flexibility index (Phi) is 3.78. The van der Waals surface area contributed by atoms with Gasteiger partial charge in [0.25, 0.3) is 0 Å². The molecular formula is C10H11BrN4O3. The van der Waals surface area contributed by atoms with Crippen molar-refractivity contribution in [2.24, 2.45) is 0 Å². The van der Waals surface area contributed by atoms with Crippen LogP contribution < -0.4 is 5.32 Å². The molecule has 2 aromatic rings. The van der Waals surface area contributed by atoms with E-state index in [9.17, 15) is 4.79 Å². The number of hydrogen-bond donors (Lipinski definition) is 2. The van der Waals surface area contributed by atoms with Gasteiger partial charge in [-0.2, -0.15) is 5.10 Å². The maximum atomic E-state index is 11.0. The molecule has 2 N–H and O–H groups in total. The summed E-state index contributed by atoms with van der Waals surface area (Å²) >= 11 is 3.33. The lowest BCUT2D eigenvalue weighted by molar-refractivity contribution is -0.139. The van der Waals surface area contributed by atoms with Gasteiger partial charge in [-0.05, 0) is 28.1 Å². The summed E-state index contributed by atoms with van der Waals surface area (Å²) in [7, 11) is 1.45. The Morgan fingerprint density at radius 3 is 3.11 bits per heavy atom. The second-order valence-corrected chi connectivity index (χ2v) is 4.36. The molecule has 0 spiro atoms. The van der Waals surface area contributed by atoms with Gasteiger partial charge in [-0.3, -0.25) is 0 Å². The van der Waals surface area contributed by atoms with Crippen LogP contribution in [-0.2, 0) is 9.53 Å². The third-order valence-corrected chi connectivity index (χ3v) is 2.95. The van der Waals surface area contributed by atoms with Crippen LogP contribution in [0.2, 0.25) is 0 Å². The lowest BCUT2D eigenvalue weighted by Gasteiger charge is -2.14. The molecule has 2 rings (SSSR count). The average Bonchev–Trinajstić information content (AvgIpc) is 2.72. The number of anilines is 1. The predicted octanol–water partition coefficient (Wildman–Crippen LogP) is 1.00. The molecule has 7 nitrogen and oxygen atoms in total. The van der Waals surface area contributed by atoms with Crippen LogP contribution in [0.25, 0.3) is 5.52 Å². The van der Waals surface area contributed by atoms with E-state index in [0.29, 0.717) is 11.3 Å². The van der Waals surface area contributed by atoms with Crippen molar-refractivity contribution < 1.29 is 14.6 Å². The molecule has 8 heteroatoms. The second kappa shape index (κ2) is 5.32. The lowest BCUT2D eigenvalue weighted by Crippen LogP contribution is -2.34. The van der Waals surface area contributed by atoms with Crippen LogP contribution in [-0.4, -0.2) is 45.4 Å². The largest absolute Gasteiger partial charge is 0.480 e. The van der Waals surface area contributed by atoms with Gasteiger partial charge in [0.2, 0.25) is 0 Å². The summed E-state index contributed by atoms with van der Waals surface area (Å²) in [5.41, 5.74) is 0.687. The summed E-state index contributed by atoms with van der Waals surface area (Å²) in [6, 6.07) is 2.74. The first-order valence-corrected chi connectivity index (χ1v) is 5.89. The number of ether oxygens (including phenoxy) is 1. The molecule has 0 aliphatic carbocycles. The van der Waals surface area contributed by atoms with Crippen LogP contribution in [0.3, 0.4) is 0 Å². The van der Waals surface area contributed by atoms with Crippen molar-refractivity contribution in [3.8, 4) is 0 Å². The first kappa shape index (κ1) is 12.8. The quantitative estimate of drug-likeness (QED) is 0.856. The third kappa shape index (κ3) is 2.44. The number of carboxylic acid groups (broad SMARTS) is 1. The number of methoxy groups -OCH3 is 1. The van der Waals surface area contributed by atoms with Gasteiger partial charge in [0.1, 0.15) is 22.5 Å². The predicted molar refractivity (Wildman–Crippen MR) is 67.6 cm³/mol. The molecule has 0 saturated heterocycles. The first-order chi connectivity index (χ1) is 8.63. The van der Waals surface area contributed by atoms with E-state index >= 15 is 0 Å². The van der Waals surface area contributed by atoms with Crippen LogP contribution in [0.5, 0.6) is 0 Å². The van der Waals surface area contributed by atoms with Gasteiger partial charge in [-0.25, -0.2) is 14.3 Å². The number of halogens is 1. The number of fused-ring (bicyclic) bond motifs is 1. The Labute approximate surface area is 111 Å². The summed E-state index contributed by atoms with van der Waals surface area (Å²) in [5.74, 6) is -0.556. The molecule has 1 atom stereocenters. The second-order valence-electron chi connectivity index (χ2n) is 3.55. The minimum Gasteiger partial charge on any atom is -0.480 e. The van der Waals surface area contributed by atoms with Crippen molar-refractivity contribution in [3.05, 3.63) is 23.1 Å². The molecular weight excluding hydrogens is 304 g/mol. The first-order valence-electron chi connectivity index (χ1n) is 5.10. The average molecular weight is 315 g/mol. The van der Waals surface area contributed by atoms with E-state index in [1.807, 2.05) is 0 Å². The number of carbonyl (C=O) groups is 1. The van der Waals surface area contributed by atoms with E-state index in [0.717, 1.165) is 4.60 Å². The van der Waals surface area contributed by atoms with Gasteiger partial charge in [0.05, 0.1) is 6.61 Å². The molecule has 0 saturated carbocycles. The molecule has 96 valence electrons. The lowest BCUT2D eigenvalue weighted by atomic mass is 10.3. The fourth-order valence-electron chi connectivity index (χ4n) is 1.52. The molecule has 0 amide bonds. The molecule has 2 heterocycles.